The van der Waals surface area contributed by atoms with E-state index in [-0.39, 0.29) is 0 Å². The summed E-state index contributed by atoms with van der Waals surface area (Å²) < 4.78 is 0. The molecule has 0 bridgehead atoms. The average Bonchev–Trinajstić information content (AvgIpc) is 2.55. The Bertz CT molecular complexity index is 785. The number of benzene rings is 2. The highest BCUT2D eigenvalue weighted by molar-refractivity contribution is 5.91. The average molecular weight is 289 g/mol. The Morgan fingerprint density at radius 3 is 2.23 bits per heavy atom. The standard InChI is InChI=1S/C21H23N/c1-4-5-8-20-19-10-7-6-9-18(19)16(3)22-21(20)17-13-11-15(2)12-14-17/h6-7,9-14H,4-5,8H2,1-3H3. The van der Waals surface area contributed by atoms with Gasteiger partial charge in [-0.2, -0.15) is 0 Å². The minimum absolute atomic E-state index is 1.09. The molecule has 1 heterocycles. The van der Waals surface area contributed by atoms with E-state index in [0.717, 1.165) is 17.8 Å². The van der Waals surface area contributed by atoms with Gasteiger partial charge in [0.15, 0.2) is 0 Å². The first-order valence-electron chi connectivity index (χ1n) is 8.16. The zero-order valence-corrected chi connectivity index (χ0v) is 13.7. The molecule has 0 aliphatic heterocycles. The van der Waals surface area contributed by atoms with Crippen LogP contribution in [0.25, 0.3) is 22.0 Å². The Labute approximate surface area is 133 Å². The molecule has 0 unspecified atom stereocenters. The summed E-state index contributed by atoms with van der Waals surface area (Å²) in [4.78, 5) is 4.95. The highest BCUT2D eigenvalue weighted by atomic mass is 14.7. The molecular formula is C21H23N. The van der Waals surface area contributed by atoms with Crippen LogP contribution in [0.2, 0.25) is 0 Å². The van der Waals surface area contributed by atoms with Crippen LogP contribution in [0.3, 0.4) is 0 Å². The summed E-state index contributed by atoms with van der Waals surface area (Å²) >= 11 is 0. The van der Waals surface area contributed by atoms with Gasteiger partial charge in [0.2, 0.25) is 0 Å². The first-order chi connectivity index (χ1) is 10.7. The number of aromatic nitrogens is 1. The van der Waals surface area contributed by atoms with E-state index in [2.05, 4.69) is 69.3 Å². The largest absolute Gasteiger partial charge is 0.252 e. The van der Waals surface area contributed by atoms with Crippen molar-refractivity contribution in [3.05, 3.63) is 65.4 Å². The van der Waals surface area contributed by atoms with Gasteiger partial charge in [0.25, 0.3) is 0 Å². The quantitative estimate of drug-likeness (QED) is 0.586. The van der Waals surface area contributed by atoms with E-state index in [4.69, 9.17) is 4.98 Å². The van der Waals surface area contributed by atoms with E-state index in [0.29, 0.717) is 0 Å². The zero-order chi connectivity index (χ0) is 15.5. The van der Waals surface area contributed by atoms with Crippen LogP contribution in [0.1, 0.15) is 36.6 Å². The highest BCUT2D eigenvalue weighted by Crippen LogP contribution is 2.31. The molecule has 0 spiro atoms. The third kappa shape index (κ3) is 2.76. The van der Waals surface area contributed by atoms with Gasteiger partial charge in [0, 0.05) is 16.6 Å². The van der Waals surface area contributed by atoms with Crippen molar-refractivity contribution in [3.63, 3.8) is 0 Å². The summed E-state index contributed by atoms with van der Waals surface area (Å²) in [5.41, 5.74) is 6.19. The van der Waals surface area contributed by atoms with Crippen molar-refractivity contribution in [1.29, 1.82) is 0 Å². The molecule has 0 fully saturated rings. The van der Waals surface area contributed by atoms with Crippen molar-refractivity contribution in [3.8, 4) is 11.3 Å². The molecule has 1 heteroatoms. The summed E-state index contributed by atoms with van der Waals surface area (Å²) in [5.74, 6) is 0. The van der Waals surface area contributed by atoms with Crippen molar-refractivity contribution in [2.45, 2.75) is 40.0 Å². The number of fused-ring (bicyclic) bond motifs is 1. The molecule has 0 saturated carbocycles. The van der Waals surface area contributed by atoms with Crippen LogP contribution < -0.4 is 0 Å². The lowest BCUT2D eigenvalue weighted by atomic mass is 9.94. The van der Waals surface area contributed by atoms with Gasteiger partial charge < -0.3 is 0 Å². The molecule has 0 aliphatic carbocycles. The van der Waals surface area contributed by atoms with Crippen LogP contribution in [0.5, 0.6) is 0 Å². The number of pyridine rings is 1. The van der Waals surface area contributed by atoms with Gasteiger partial charge in [-0.1, -0.05) is 67.4 Å². The maximum absolute atomic E-state index is 4.95. The lowest BCUT2D eigenvalue weighted by molar-refractivity contribution is 0.797. The molecule has 0 aliphatic rings. The second kappa shape index (κ2) is 6.31. The van der Waals surface area contributed by atoms with Gasteiger partial charge in [-0.15, -0.1) is 0 Å². The Morgan fingerprint density at radius 1 is 0.864 bits per heavy atom. The van der Waals surface area contributed by atoms with E-state index >= 15 is 0 Å². The van der Waals surface area contributed by atoms with Gasteiger partial charge >= 0.3 is 0 Å². The van der Waals surface area contributed by atoms with Gasteiger partial charge in [0.1, 0.15) is 0 Å². The first kappa shape index (κ1) is 14.8. The van der Waals surface area contributed by atoms with E-state index in [1.807, 2.05) is 0 Å². The third-order valence-electron chi connectivity index (χ3n) is 4.31. The Balaban J connectivity index is 2.25. The summed E-state index contributed by atoms with van der Waals surface area (Å²) in [7, 11) is 0. The van der Waals surface area contributed by atoms with Crippen LogP contribution in [0, 0.1) is 13.8 Å². The zero-order valence-electron chi connectivity index (χ0n) is 13.7. The normalized spacial score (nSPS) is 11.0. The first-order valence-corrected chi connectivity index (χ1v) is 8.16. The van der Waals surface area contributed by atoms with Crippen molar-refractivity contribution in [2.24, 2.45) is 0 Å². The molecule has 0 atom stereocenters. The Hall–Kier alpha value is -2.15. The minimum atomic E-state index is 1.09. The predicted molar refractivity (Wildman–Crippen MR) is 95.3 cm³/mol. The predicted octanol–water partition coefficient (Wildman–Crippen LogP) is 5.86. The fraction of sp³-hybridized carbons (Fsp3) is 0.286. The Morgan fingerprint density at radius 2 is 1.55 bits per heavy atom. The lowest BCUT2D eigenvalue weighted by Crippen LogP contribution is -1.99. The van der Waals surface area contributed by atoms with Gasteiger partial charge in [-0.3, -0.25) is 4.98 Å². The molecule has 3 aromatic rings. The third-order valence-corrected chi connectivity index (χ3v) is 4.31. The van der Waals surface area contributed by atoms with Crippen LogP contribution in [-0.2, 0) is 6.42 Å². The fourth-order valence-corrected chi connectivity index (χ4v) is 3.04. The highest BCUT2D eigenvalue weighted by Gasteiger charge is 2.13. The number of unbranched alkanes of at least 4 members (excludes halogenated alkanes) is 1. The van der Waals surface area contributed by atoms with E-state index in [1.165, 1.54) is 40.3 Å². The molecule has 2 aromatic carbocycles. The molecule has 0 N–H and O–H groups in total. The molecule has 0 saturated heterocycles. The minimum Gasteiger partial charge on any atom is -0.252 e. The van der Waals surface area contributed by atoms with Crippen LogP contribution in [0.15, 0.2) is 48.5 Å². The van der Waals surface area contributed by atoms with Crippen molar-refractivity contribution in [2.75, 3.05) is 0 Å². The molecular weight excluding hydrogens is 266 g/mol. The summed E-state index contributed by atoms with van der Waals surface area (Å²) in [6.07, 6.45) is 3.50. The molecule has 112 valence electrons. The van der Waals surface area contributed by atoms with E-state index < -0.39 is 0 Å². The molecule has 22 heavy (non-hydrogen) atoms. The second-order valence-electron chi connectivity index (χ2n) is 6.04. The summed E-state index contributed by atoms with van der Waals surface area (Å²) in [5, 5.41) is 2.64. The van der Waals surface area contributed by atoms with Gasteiger partial charge in [-0.25, -0.2) is 0 Å². The number of rotatable bonds is 4. The second-order valence-corrected chi connectivity index (χ2v) is 6.04. The van der Waals surface area contributed by atoms with Crippen LogP contribution in [0.4, 0.5) is 0 Å². The molecule has 3 rings (SSSR count). The fourth-order valence-electron chi connectivity index (χ4n) is 3.04. The van der Waals surface area contributed by atoms with E-state index in [9.17, 15) is 0 Å². The SMILES string of the molecule is CCCCc1c(-c2ccc(C)cc2)nc(C)c2ccccc12. The number of nitrogens with zero attached hydrogens (tertiary/aromatic N) is 1. The van der Waals surface area contributed by atoms with Crippen molar-refractivity contribution >= 4 is 10.8 Å². The molecule has 0 radical (unpaired) electrons. The Kier molecular flexibility index (Phi) is 4.24. The number of aryl methyl sites for hydroxylation is 3. The van der Waals surface area contributed by atoms with Gasteiger partial charge in [-0.05, 0) is 37.6 Å². The van der Waals surface area contributed by atoms with E-state index in [1.54, 1.807) is 0 Å². The molecule has 0 amide bonds. The summed E-state index contributed by atoms with van der Waals surface area (Å²) in [6.45, 7) is 6.49. The maximum atomic E-state index is 4.95. The molecule has 1 nitrogen and oxygen atoms in total. The number of hydrogen-bond donors (Lipinski definition) is 0. The lowest BCUT2D eigenvalue weighted by Gasteiger charge is -2.15. The summed E-state index contributed by atoms with van der Waals surface area (Å²) in [6, 6.07) is 17.4. The van der Waals surface area contributed by atoms with Crippen molar-refractivity contribution in [1.82, 2.24) is 4.98 Å². The monoisotopic (exact) mass is 289 g/mol. The smallest absolute Gasteiger partial charge is 0.0743 e. The van der Waals surface area contributed by atoms with Crippen LogP contribution >= 0.6 is 0 Å². The van der Waals surface area contributed by atoms with Gasteiger partial charge in [0.05, 0.1) is 5.69 Å². The maximum Gasteiger partial charge on any atom is 0.0743 e. The van der Waals surface area contributed by atoms with Crippen LogP contribution in [-0.4, -0.2) is 4.98 Å². The van der Waals surface area contributed by atoms with Crippen molar-refractivity contribution < 1.29 is 0 Å². The topological polar surface area (TPSA) is 12.9 Å². The number of hydrogen-bond acceptors (Lipinski definition) is 1. The molecule has 1 aromatic heterocycles.